The Labute approximate surface area is 224 Å². The van der Waals surface area contributed by atoms with E-state index in [0.717, 1.165) is 16.2 Å². The van der Waals surface area contributed by atoms with Gasteiger partial charge in [0.1, 0.15) is 28.2 Å². The fourth-order valence-corrected chi connectivity index (χ4v) is 5.29. The molecule has 6 aromatic rings. The fourth-order valence-electron chi connectivity index (χ4n) is 4.12. The van der Waals surface area contributed by atoms with Crippen molar-refractivity contribution < 1.29 is 8.83 Å². The molecule has 0 aliphatic heterocycles. The molecule has 5 nitrogen and oxygen atoms in total. The maximum Gasteiger partial charge on any atom is 0.345 e. The Bertz CT molecular complexity index is 1960. The average Bonchev–Trinajstić information content (AvgIpc) is 3.58. The SMILES string of the molecule is N#C/C(=C\c1ccc(-c2cc(Cl)ccc2Cl)o1)c1nc(-c2cc3c(ccc4ccccc43)oc2=O)cs1. The summed E-state index contributed by atoms with van der Waals surface area (Å²) >= 11 is 13.6. The van der Waals surface area contributed by atoms with Crippen LogP contribution in [0.5, 0.6) is 0 Å². The maximum absolute atomic E-state index is 12.8. The van der Waals surface area contributed by atoms with Crippen molar-refractivity contribution in [3.8, 4) is 28.7 Å². The van der Waals surface area contributed by atoms with Crippen LogP contribution >= 0.6 is 34.5 Å². The highest BCUT2D eigenvalue weighted by Gasteiger charge is 2.16. The van der Waals surface area contributed by atoms with Crippen molar-refractivity contribution in [1.82, 2.24) is 4.98 Å². The van der Waals surface area contributed by atoms with Gasteiger partial charge in [-0.1, -0.05) is 53.5 Å². The van der Waals surface area contributed by atoms with E-state index in [9.17, 15) is 10.1 Å². The molecule has 0 N–H and O–H groups in total. The number of hydrogen-bond acceptors (Lipinski definition) is 6. The molecule has 3 aromatic carbocycles. The van der Waals surface area contributed by atoms with Crippen LogP contribution < -0.4 is 5.63 Å². The lowest BCUT2D eigenvalue weighted by atomic mass is 10.0. The minimum atomic E-state index is -0.490. The highest BCUT2D eigenvalue weighted by Crippen LogP contribution is 2.34. The second kappa shape index (κ2) is 9.38. The third-order valence-corrected chi connectivity index (χ3v) is 7.32. The summed E-state index contributed by atoms with van der Waals surface area (Å²) in [5, 5.41) is 15.9. The van der Waals surface area contributed by atoms with Gasteiger partial charge in [-0.3, -0.25) is 0 Å². The summed E-state index contributed by atoms with van der Waals surface area (Å²) in [5.41, 5.74) is 1.74. The first-order valence-corrected chi connectivity index (χ1v) is 12.7. The topological polar surface area (TPSA) is 80.0 Å². The van der Waals surface area contributed by atoms with E-state index >= 15 is 0 Å². The number of nitriles is 1. The summed E-state index contributed by atoms with van der Waals surface area (Å²) in [5.74, 6) is 0.980. The Hall–Kier alpha value is -4.15. The number of allylic oxidation sites excluding steroid dienone is 1. The molecule has 0 fully saturated rings. The zero-order chi connectivity index (χ0) is 25.5. The Kier molecular flexibility index (Phi) is 5.90. The Morgan fingerprint density at radius 3 is 2.68 bits per heavy atom. The van der Waals surface area contributed by atoms with Crippen LogP contribution in [-0.4, -0.2) is 4.98 Å². The summed E-state index contributed by atoms with van der Waals surface area (Å²) < 4.78 is 11.5. The van der Waals surface area contributed by atoms with E-state index in [1.165, 1.54) is 11.3 Å². The predicted molar refractivity (Wildman–Crippen MR) is 149 cm³/mol. The van der Waals surface area contributed by atoms with Crippen LogP contribution in [-0.2, 0) is 0 Å². The molecule has 0 atom stereocenters. The first-order valence-electron chi connectivity index (χ1n) is 11.1. The van der Waals surface area contributed by atoms with Crippen molar-refractivity contribution in [3.05, 3.63) is 109 Å². The number of aromatic nitrogens is 1. The number of nitrogens with zero attached hydrogens (tertiary/aromatic N) is 2. The molecule has 37 heavy (non-hydrogen) atoms. The molecule has 0 unspecified atom stereocenters. The van der Waals surface area contributed by atoms with E-state index in [-0.39, 0.29) is 0 Å². The molecule has 8 heteroatoms. The minimum absolute atomic E-state index is 0.296. The molecule has 0 saturated heterocycles. The van der Waals surface area contributed by atoms with Gasteiger partial charge in [0.05, 0.1) is 21.9 Å². The molecule has 0 bridgehead atoms. The summed E-state index contributed by atoms with van der Waals surface area (Å²) in [6.07, 6.45) is 1.60. The van der Waals surface area contributed by atoms with E-state index < -0.39 is 5.63 Å². The molecule has 0 aliphatic rings. The molecule has 6 rings (SSSR count). The lowest BCUT2D eigenvalue weighted by molar-refractivity contribution is 0.563. The van der Waals surface area contributed by atoms with Gasteiger partial charge in [0.25, 0.3) is 0 Å². The number of halogens is 2. The molecule has 3 aromatic heterocycles. The zero-order valence-corrected chi connectivity index (χ0v) is 21.2. The number of furan rings is 1. The molecule has 3 heterocycles. The molecule has 0 aliphatic carbocycles. The van der Waals surface area contributed by atoms with E-state index in [2.05, 4.69) is 11.1 Å². The maximum atomic E-state index is 12.8. The van der Waals surface area contributed by atoms with Crippen LogP contribution in [0, 0.1) is 11.3 Å². The lowest BCUT2D eigenvalue weighted by Crippen LogP contribution is -2.03. The molecule has 0 saturated carbocycles. The number of hydrogen-bond donors (Lipinski definition) is 0. The van der Waals surface area contributed by atoms with E-state index in [1.54, 1.807) is 53.9 Å². The Balaban J connectivity index is 1.38. The second-order valence-electron chi connectivity index (χ2n) is 8.18. The smallest absolute Gasteiger partial charge is 0.345 e. The largest absolute Gasteiger partial charge is 0.457 e. The van der Waals surface area contributed by atoms with Gasteiger partial charge < -0.3 is 8.83 Å². The molecule has 0 amide bonds. The van der Waals surface area contributed by atoms with Gasteiger partial charge >= 0.3 is 5.63 Å². The van der Waals surface area contributed by atoms with Crippen LogP contribution in [0.1, 0.15) is 10.8 Å². The van der Waals surface area contributed by atoms with Crippen LogP contribution in [0.25, 0.3) is 56.0 Å². The van der Waals surface area contributed by atoms with Gasteiger partial charge in [-0.25, -0.2) is 9.78 Å². The number of fused-ring (bicyclic) bond motifs is 3. The second-order valence-corrected chi connectivity index (χ2v) is 9.88. The number of rotatable bonds is 4. The van der Waals surface area contributed by atoms with Crippen LogP contribution in [0.15, 0.2) is 91.8 Å². The molecule has 0 spiro atoms. The highest BCUT2D eigenvalue weighted by molar-refractivity contribution is 7.11. The van der Waals surface area contributed by atoms with Crippen molar-refractivity contribution in [3.63, 3.8) is 0 Å². The average molecular weight is 541 g/mol. The Morgan fingerprint density at radius 2 is 1.81 bits per heavy atom. The first kappa shape index (κ1) is 23.3. The van der Waals surface area contributed by atoms with E-state index in [4.69, 9.17) is 32.0 Å². The van der Waals surface area contributed by atoms with Gasteiger partial charge in [0.2, 0.25) is 0 Å². The van der Waals surface area contributed by atoms with Gasteiger partial charge in [0, 0.05) is 27.4 Å². The molecule has 178 valence electrons. The monoisotopic (exact) mass is 540 g/mol. The van der Waals surface area contributed by atoms with E-state index in [0.29, 0.717) is 54.6 Å². The summed E-state index contributed by atoms with van der Waals surface area (Å²) in [6, 6.07) is 24.2. The van der Waals surface area contributed by atoms with Crippen LogP contribution in [0.2, 0.25) is 10.0 Å². The van der Waals surface area contributed by atoms with Crippen molar-refractivity contribution in [2.75, 3.05) is 0 Å². The van der Waals surface area contributed by atoms with Gasteiger partial charge in [-0.15, -0.1) is 11.3 Å². The zero-order valence-electron chi connectivity index (χ0n) is 18.9. The van der Waals surface area contributed by atoms with Gasteiger partial charge in [0.15, 0.2) is 0 Å². The van der Waals surface area contributed by atoms with Crippen molar-refractivity contribution in [2.45, 2.75) is 0 Å². The van der Waals surface area contributed by atoms with Gasteiger partial charge in [-0.05, 0) is 53.2 Å². The predicted octanol–water partition coefficient (Wildman–Crippen LogP) is 8.70. The third kappa shape index (κ3) is 4.34. The van der Waals surface area contributed by atoms with Gasteiger partial charge in [-0.2, -0.15) is 5.26 Å². The highest BCUT2D eigenvalue weighted by atomic mass is 35.5. The van der Waals surface area contributed by atoms with Crippen molar-refractivity contribution >= 4 is 67.9 Å². The van der Waals surface area contributed by atoms with Crippen molar-refractivity contribution in [2.24, 2.45) is 0 Å². The van der Waals surface area contributed by atoms with Crippen LogP contribution in [0.3, 0.4) is 0 Å². The first-order chi connectivity index (χ1) is 18.0. The molecular formula is C29H14Cl2N2O3S. The van der Waals surface area contributed by atoms with Crippen molar-refractivity contribution in [1.29, 1.82) is 5.26 Å². The molecule has 0 radical (unpaired) electrons. The summed E-state index contributed by atoms with van der Waals surface area (Å²) in [7, 11) is 0. The quantitative estimate of drug-likeness (QED) is 0.127. The van der Waals surface area contributed by atoms with Crippen LogP contribution in [0.4, 0.5) is 0 Å². The Morgan fingerprint density at radius 1 is 0.946 bits per heavy atom. The summed E-state index contributed by atoms with van der Waals surface area (Å²) in [4.78, 5) is 17.4. The third-order valence-electron chi connectivity index (χ3n) is 5.88. The molecular weight excluding hydrogens is 527 g/mol. The number of benzene rings is 3. The fraction of sp³-hybridized carbons (Fsp3) is 0. The minimum Gasteiger partial charge on any atom is -0.457 e. The van der Waals surface area contributed by atoms with E-state index in [1.807, 2.05) is 30.3 Å². The normalized spacial score (nSPS) is 11.8. The summed E-state index contributed by atoms with van der Waals surface area (Å²) in [6.45, 7) is 0. The number of thiazole rings is 1. The lowest BCUT2D eigenvalue weighted by Gasteiger charge is -2.04. The standard InChI is InChI=1S/C29H14Cl2N2O3S/c30-18-6-8-24(31)22(12-18)27-10-7-19(35-27)11-17(14-32)28-33-25(15-37-28)23-13-21-20-4-2-1-3-16(20)5-9-26(21)36-29(23)34/h1-13,15H/b17-11+.